The normalized spacial score (nSPS) is 16.5. The summed E-state index contributed by atoms with van der Waals surface area (Å²) in [6.07, 6.45) is 3.89. The minimum atomic E-state index is -0.0859. The Balaban J connectivity index is 1.80. The third kappa shape index (κ3) is 4.04. The second-order valence-corrected chi connectivity index (χ2v) is 7.07. The van der Waals surface area contributed by atoms with E-state index in [1.165, 1.54) is 5.56 Å². The maximum atomic E-state index is 12.9. The molecule has 0 saturated heterocycles. The van der Waals surface area contributed by atoms with Gasteiger partial charge in [-0.05, 0) is 46.3 Å². The molecular weight excluding hydrogens is 312 g/mol. The van der Waals surface area contributed by atoms with Crippen LogP contribution >= 0.6 is 0 Å². The molecule has 2 atom stereocenters. The maximum absolute atomic E-state index is 12.9. The fourth-order valence-electron chi connectivity index (χ4n) is 3.38. The standard InChI is InChI=1S/C20H26N4O/c1-13(19(24(3)4)16-8-6-5-7-9-16)22-20(25)17-12-21-14(2)23-18(17)15-10-11-15/h5-9,12-13,15,19H,10-11H2,1-4H3,(H,22,25)/t13-,19-/m0/s1. The first-order valence-electron chi connectivity index (χ1n) is 8.83. The van der Waals surface area contributed by atoms with Crippen LogP contribution in [0, 0.1) is 6.92 Å². The molecule has 1 N–H and O–H groups in total. The Morgan fingerprint density at radius 2 is 1.92 bits per heavy atom. The molecule has 3 rings (SSSR count). The Labute approximate surface area is 149 Å². The number of aromatic nitrogens is 2. The zero-order chi connectivity index (χ0) is 18.0. The minimum absolute atomic E-state index is 0.0433. The monoisotopic (exact) mass is 338 g/mol. The van der Waals surface area contributed by atoms with Crippen molar-refractivity contribution in [1.29, 1.82) is 0 Å². The Kier molecular flexibility index (Phi) is 5.13. The van der Waals surface area contributed by atoms with Crippen LogP contribution in [0.3, 0.4) is 0 Å². The molecule has 132 valence electrons. The summed E-state index contributed by atoms with van der Waals surface area (Å²) in [4.78, 5) is 23.8. The number of nitrogens with one attached hydrogen (secondary N) is 1. The molecule has 1 aliphatic carbocycles. The van der Waals surface area contributed by atoms with Crippen molar-refractivity contribution < 1.29 is 4.79 Å². The van der Waals surface area contributed by atoms with Gasteiger partial charge in [-0.1, -0.05) is 30.3 Å². The summed E-state index contributed by atoms with van der Waals surface area (Å²) in [6.45, 7) is 3.91. The Hall–Kier alpha value is -2.27. The van der Waals surface area contributed by atoms with Crippen molar-refractivity contribution in [2.24, 2.45) is 0 Å². The second-order valence-electron chi connectivity index (χ2n) is 7.07. The highest BCUT2D eigenvalue weighted by Gasteiger charge is 2.31. The first-order chi connectivity index (χ1) is 12.0. The highest BCUT2D eigenvalue weighted by Crippen LogP contribution is 2.40. The van der Waals surface area contributed by atoms with E-state index in [1.807, 2.05) is 46.1 Å². The van der Waals surface area contributed by atoms with Crippen LogP contribution in [0.15, 0.2) is 36.5 Å². The van der Waals surface area contributed by atoms with E-state index in [1.54, 1.807) is 6.20 Å². The minimum Gasteiger partial charge on any atom is -0.348 e. The molecule has 1 heterocycles. The zero-order valence-electron chi connectivity index (χ0n) is 15.4. The Bertz CT molecular complexity index is 741. The molecule has 5 heteroatoms. The van der Waals surface area contributed by atoms with Crippen LogP contribution < -0.4 is 5.32 Å². The number of hydrogen-bond acceptors (Lipinski definition) is 4. The quantitative estimate of drug-likeness (QED) is 0.879. The molecular formula is C20H26N4O. The molecule has 1 amide bonds. The Morgan fingerprint density at radius 3 is 2.52 bits per heavy atom. The number of carbonyl (C=O) groups is 1. The molecule has 1 fully saturated rings. The van der Waals surface area contributed by atoms with Gasteiger partial charge < -0.3 is 10.2 Å². The van der Waals surface area contributed by atoms with Crippen molar-refractivity contribution in [2.75, 3.05) is 14.1 Å². The molecule has 0 aliphatic heterocycles. The summed E-state index contributed by atoms with van der Waals surface area (Å²) in [7, 11) is 4.07. The first kappa shape index (κ1) is 17.5. The van der Waals surface area contributed by atoms with Gasteiger partial charge in [0.15, 0.2) is 0 Å². The van der Waals surface area contributed by atoms with Crippen LogP contribution in [0.5, 0.6) is 0 Å². The van der Waals surface area contributed by atoms with Crippen molar-refractivity contribution in [3.05, 3.63) is 59.2 Å². The van der Waals surface area contributed by atoms with Crippen LogP contribution in [-0.2, 0) is 0 Å². The van der Waals surface area contributed by atoms with E-state index in [4.69, 9.17) is 0 Å². The summed E-state index contributed by atoms with van der Waals surface area (Å²) < 4.78 is 0. The fraction of sp³-hybridized carbons (Fsp3) is 0.450. The molecule has 1 aromatic carbocycles. The van der Waals surface area contributed by atoms with E-state index in [2.05, 4.69) is 32.3 Å². The Morgan fingerprint density at radius 1 is 1.24 bits per heavy atom. The third-order valence-corrected chi connectivity index (χ3v) is 4.68. The molecule has 0 spiro atoms. The van der Waals surface area contributed by atoms with E-state index >= 15 is 0 Å². The third-order valence-electron chi connectivity index (χ3n) is 4.68. The summed E-state index contributed by atoms with van der Waals surface area (Å²) >= 11 is 0. The number of aryl methyl sites for hydroxylation is 1. The van der Waals surface area contributed by atoms with Crippen LogP contribution in [-0.4, -0.2) is 40.9 Å². The van der Waals surface area contributed by atoms with Gasteiger partial charge in [-0.15, -0.1) is 0 Å². The van der Waals surface area contributed by atoms with Gasteiger partial charge in [0.25, 0.3) is 5.91 Å². The highest BCUT2D eigenvalue weighted by molar-refractivity contribution is 5.95. The van der Waals surface area contributed by atoms with Crippen LogP contribution in [0.4, 0.5) is 0 Å². The highest BCUT2D eigenvalue weighted by atomic mass is 16.1. The summed E-state index contributed by atoms with van der Waals surface area (Å²) in [5, 5.41) is 3.16. The van der Waals surface area contributed by atoms with Gasteiger partial charge >= 0.3 is 0 Å². The number of rotatable bonds is 6. The van der Waals surface area contributed by atoms with Crippen molar-refractivity contribution in [2.45, 2.75) is 44.7 Å². The van der Waals surface area contributed by atoms with Crippen molar-refractivity contribution in [3.63, 3.8) is 0 Å². The molecule has 0 bridgehead atoms. The van der Waals surface area contributed by atoms with Gasteiger partial charge in [-0.3, -0.25) is 4.79 Å². The van der Waals surface area contributed by atoms with E-state index in [9.17, 15) is 4.79 Å². The van der Waals surface area contributed by atoms with Crippen LogP contribution in [0.2, 0.25) is 0 Å². The van der Waals surface area contributed by atoms with Gasteiger partial charge in [0.05, 0.1) is 17.3 Å². The zero-order valence-corrected chi connectivity index (χ0v) is 15.4. The fourth-order valence-corrected chi connectivity index (χ4v) is 3.38. The number of amides is 1. The average molecular weight is 338 g/mol. The smallest absolute Gasteiger partial charge is 0.254 e. The summed E-state index contributed by atoms with van der Waals surface area (Å²) in [5.74, 6) is 1.05. The van der Waals surface area contributed by atoms with Crippen molar-refractivity contribution in [3.8, 4) is 0 Å². The number of hydrogen-bond donors (Lipinski definition) is 1. The second kappa shape index (κ2) is 7.31. The number of carbonyl (C=O) groups excluding carboxylic acids is 1. The summed E-state index contributed by atoms with van der Waals surface area (Å²) in [5.41, 5.74) is 2.70. The maximum Gasteiger partial charge on any atom is 0.254 e. The van der Waals surface area contributed by atoms with E-state index in [0.29, 0.717) is 11.5 Å². The lowest BCUT2D eigenvalue weighted by atomic mass is 9.99. The molecule has 1 aromatic heterocycles. The molecule has 5 nitrogen and oxygen atoms in total. The molecule has 0 unspecified atom stereocenters. The lowest BCUT2D eigenvalue weighted by molar-refractivity contribution is 0.0913. The number of likely N-dealkylation sites (N-methyl/N-ethyl adjacent to an activating group) is 1. The molecule has 0 radical (unpaired) electrons. The van der Waals surface area contributed by atoms with Crippen LogP contribution in [0.1, 0.15) is 59.2 Å². The van der Waals surface area contributed by atoms with E-state index in [0.717, 1.165) is 24.4 Å². The van der Waals surface area contributed by atoms with Crippen LogP contribution in [0.25, 0.3) is 0 Å². The molecule has 1 saturated carbocycles. The lowest BCUT2D eigenvalue weighted by Crippen LogP contribution is -2.42. The molecule has 1 aliphatic rings. The van der Waals surface area contributed by atoms with Gasteiger partial charge in [0, 0.05) is 18.2 Å². The van der Waals surface area contributed by atoms with E-state index < -0.39 is 0 Å². The number of nitrogens with zero attached hydrogens (tertiary/aromatic N) is 3. The molecule has 2 aromatic rings. The van der Waals surface area contributed by atoms with Gasteiger partial charge in [-0.25, -0.2) is 9.97 Å². The van der Waals surface area contributed by atoms with Crippen molar-refractivity contribution >= 4 is 5.91 Å². The van der Waals surface area contributed by atoms with Gasteiger partial charge in [0.1, 0.15) is 5.82 Å². The van der Waals surface area contributed by atoms with E-state index in [-0.39, 0.29) is 18.0 Å². The first-order valence-corrected chi connectivity index (χ1v) is 8.83. The SMILES string of the molecule is Cc1ncc(C(=O)N[C@@H](C)[C@@H](c2ccccc2)N(C)C)c(C2CC2)n1. The van der Waals surface area contributed by atoms with Crippen molar-refractivity contribution in [1.82, 2.24) is 20.2 Å². The molecule has 25 heavy (non-hydrogen) atoms. The largest absolute Gasteiger partial charge is 0.348 e. The van der Waals surface area contributed by atoms with Gasteiger partial charge in [0.2, 0.25) is 0 Å². The van der Waals surface area contributed by atoms with Gasteiger partial charge in [-0.2, -0.15) is 0 Å². The lowest BCUT2D eigenvalue weighted by Gasteiger charge is -2.31. The number of benzene rings is 1. The predicted octanol–water partition coefficient (Wildman–Crippen LogP) is 3.08. The topological polar surface area (TPSA) is 58.1 Å². The predicted molar refractivity (Wildman–Crippen MR) is 98.5 cm³/mol. The summed E-state index contributed by atoms with van der Waals surface area (Å²) in [6, 6.07) is 10.3. The average Bonchev–Trinajstić information content (AvgIpc) is 3.40.